The number of hydrogen-bond acceptors (Lipinski definition) is 7. The standard InChI is InChI=1S/C31H34N6O5S/c1-19(38)32-26(21-9-6-5-7-10-21)28(40)37-16-8-11-23(37)27(39)34-25-18-36-17-24(43-29(36)35-25)20-12-14-22(15-13-20)33-30(41)42-31(2,3)4/h5-7,9-10,12-15,17-18,23,26H,8,11,16H2,1-4H3,(H,32,38)(H,33,41)(H,34,39). The third-order valence-corrected chi connectivity index (χ3v) is 7.83. The van der Waals surface area contributed by atoms with Crippen molar-refractivity contribution in [3.05, 3.63) is 72.6 Å². The molecule has 0 aliphatic carbocycles. The normalized spacial score (nSPS) is 15.6. The van der Waals surface area contributed by atoms with Crippen molar-refractivity contribution in [3.63, 3.8) is 0 Å². The van der Waals surface area contributed by atoms with Crippen LogP contribution >= 0.6 is 11.3 Å². The van der Waals surface area contributed by atoms with Gasteiger partial charge in [0.15, 0.2) is 10.8 Å². The van der Waals surface area contributed by atoms with E-state index in [0.29, 0.717) is 41.4 Å². The van der Waals surface area contributed by atoms with Gasteiger partial charge in [-0.15, -0.1) is 0 Å². The number of amides is 4. The van der Waals surface area contributed by atoms with Crippen LogP contribution in [0.3, 0.4) is 0 Å². The highest BCUT2D eigenvalue weighted by Gasteiger charge is 2.38. The number of thiazole rings is 1. The Labute approximate surface area is 253 Å². The van der Waals surface area contributed by atoms with Gasteiger partial charge >= 0.3 is 6.09 Å². The van der Waals surface area contributed by atoms with Crippen molar-refractivity contribution in [1.82, 2.24) is 19.6 Å². The SMILES string of the molecule is CC(=O)NC(C(=O)N1CCCC1C(=O)Nc1cn2cc(-c3ccc(NC(=O)OC(C)(C)C)cc3)sc2n1)c1ccccc1. The Hall–Kier alpha value is -4.71. The molecule has 4 aromatic rings. The zero-order valence-corrected chi connectivity index (χ0v) is 25.2. The number of anilines is 2. The molecule has 12 heteroatoms. The van der Waals surface area contributed by atoms with Crippen LogP contribution in [0.25, 0.3) is 15.4 Å². The van der Waals surface area contributed by atoms with Crippen molar-refractivity contribution in [1.29, 1.82) is 0 Å². The molecular weight excluding hydrogens is 568 g/mol. The molecule has 1 fully saturated rings. The second-order valence-electron chi connectivity index (χ2n) is 11.3. The van der Waals surface area contributed by atoms with E-state index in [1.165, 1.54) is 18.3 Å². The van der Waals surface area contributed by atoms with Crippen molar-refractivity contribution in [2.75, 3.05) is 17.2 Å². The lowest BCUT2D eigenvalue weighted by Crippen LogP contribution is -2.48. The summed E-state index contributed by atoms with van der Waals surface area (Å²) in [6, 6.07) is 14.9. The van der Waals surface area contributed by atoms with Crippen LogP contribution in [0.5, 0.6) is 0 Å². The molecule has 11 nitrogen and oxygen atoms in total. The van der Waals surface area contributed by atoms with Gasteiger partial charge in [0.05, 0.1) is 11.1 Å². The van der Waals surface area contributed by atoms with Gasteiger partial charge in [0, 0.05) is 25.4 Å². The Balaban J connectivity index is 1.24. The molecule has 3 N–H and O–H groups in total. The zero-order chi connectivity index (χ0) is 30.7. The fraction of sp³-hybridized carbons (Fsp3) is 0.323. The molecule has 2 aromatic carbocycles. The van der Waals surface area contributed by atoms with E-state index in [2.05, 4.69) is 20.9 Å². The minimum atomic E-state index is -0.870. The molecule has 3 heterocycles. The highest BCUT2D eigenvalue weighted by atomic mass is 32.1. The minimum absolute atomic E-state index is 0.318. The van der Waals surface area contributed by atoms with Gasteiger partial charge in [-0.05, 0) is 56.9 Å². The summed E-state index contributed by atoms with van der Waals surface area (Å²) in [5.74, 6) is -0.574. The Morgan fingerprint density at radius 2 is 1.72 bits per heavy atom. The lowest BCUT2D eigenvalue weighted by atomic mass is 10.0. The van der Waals surface area contributed by atoms with Crippen LogP contribution < -0.4 is 16.0 Å². The largest absolute Gasteiger partial charge is 0.444 e. The minimum Gasteiger partial charge on any atom is -0.444 e. The summed E-state index contributed by atoms with van der Waals surface area (Å²) in [4.78, 5) is 58.5. The first-order valence-electron chi connectivity index (χ1n) is 14.0. The maximum absolute atomic E-state index is 13.5. The van der Waals surface area contributed by atoms with Gasteiger partial charge < -0.3 is 20.3 Å². The number of ether oxygens (including phenoxy) is 1. The summed E-state index contributed by atoms with van der Waals surface area (Å²) in [5.41, 5.74) is 1.65. The maximum Gasteiger partial charge on any atom is 0.412 e. The Bertz CT molecular complexity index is 1610. The first kappa shape index (κ1) is 29.8. The van der Waals surface area contributed by atoms with Crippen LogP contribution in [0.4, 0.5) is 16.3 Å². The van der Waals surface area contributed by atoms with Crippen LogP contribution in [0.15, 0.2) is 67.0 Å². The van der Waals surface area contributed by atoms with Crippen molar-refractivity contribution in [3.8, 4) is 10.4 Å². The molecule has 2 aromatic heterocycles. The van der Waals surface area contributed by atoms with E-state index in [0.717, 1.165) is 10.4 Å². The van der Waals surface area contributed by atoms with Crippen molar-refractivity contribution < 1.29 is 23.9 Å². The summed E-state index contributed by atoms with van der Waals surface area (Å²) >= 11 is 1.45. The summed E-state index contributed by atoms with van der Waals surface area (Å²) < 4.78 is 7.13. The topological polar surface area (TPSA) is 134 Å². The number of nitrogens with one attached hydrogen (secondary N) is 3. The predicted molar refractivity (Wildman–Crippen MR) is 165 cm³/mol. The van der Waals surface area contributed by atoms with Gasteiger partial charge in [0.1, 0.15) is 17.7 Å². The molecule has 2 atom stereocenters. The Kier molecular flexibility index (Phi) is 8.49. The van der Waals surface area contributed by atoms with Gasteiger partial charge in [-0.25, -0.2) is 9.78 Å². The van der Waals surface area contributed by atoms with E-state index in [1.54, 1.807) is 47.5 Å². The quantitative estimate of drug-likeness (QED) is 0.266. The summed E-state index contributed by atoms with van der Waals surface area (Å²) in [7, 11) is 0. The van der Waals surface area contributed by atoms with Crippen molar-refractivity contribution in [2.45, 2.75) is 58.2 Å². The molecular formula is C31H34N6O5S. The lowest BCUT2D eigenvalue weighted by Gasteiger charge is -2.28. The van der Waals surface area contributed by atoms with Crippen LogP contribution in [-0.2, 0) is 19.1 Å². The molecule has 1 saturated heterocycles. The molecule has 1 aliphatic rings. The number of imidazole rings is 1. The second-order valence-corrected chi connectivity index (χ2v) is 12.3. The van der Waals surface area contributed by atoms with E-state index < -0.39 is 23.8 Å². The zero-order valence-electron chi connectivity index (χ0n) is 24.4. The molecule has 2 unspecified atom stereocenters. The average Bonchev–Trinajstić information content (AvgIpc) is 3.67. The predicted octanol–water partition coefficient (Wildman–Crippen LogP) is 5.22. The summed E-state index contributed by atoms with van der Waals surface area (Å²) in [5, 5.41) is 8.32. The third-order valence-electron chi connectivity index (χ3n) is 6.79. The number of benzene rings is 2. The number of carbonyl (C=O) groups is 4. The molecule has 5 rings (SSSR count). The second kappa shape index (κ2) is 12.3. The van der Waals surface area contributed by atoms with Crippen molar-refractivity contribution >= 4 is 51.6 Å². The molecule has 224 valence electrons. The highest BCUT2D eigenvalue weighted by molar-refractivity contribution is 7.20. The molecule has 43 heavy (non-hydrogen) atoms. The van der Waals surface area contributed by atoms with Gasteiger partial charge in [-0.2, -0.15) is 0 Å². The molecule has 0 bridgehead atoms. The number of rotatable bonds is 7. The van der Waals surface area contributed by atoms with E-state index in [1.807, 2.05) is 49.6 Å². The first-order valence-corrected chi connectivity index (χ1v) is 14.8. The third kappa shape index (κ3) is 7.20. The fourth-order valence-electron chi connectivity index (χ4n) is 4.94. The summed E-state index contributed by atoms with van der Waals surface area (Å²) in [6.45, 7) is 7.21. The maximum atomic E-state index is 13.5. The lowest BCUT2D eigenvalue weighted by molar-refractivity contribution is -0.140. The molecule has 0 saturated carbocycles. The van der Waals surface area contributed by atoms with Gasteiger partial charge in [0.2, 0.25) is 17.7 Å². The molecule has 0 radical (unpaired) electrons. The number of aromatic nitrogens is 2. The van der Waals surface area contributed by atoms with Crippen LogP contribution in [0, 0.1) is 0 Å². The number of nitrogens with zero attached hydrogens (tertiary/aromatic N) is 3. The monoisotopic (exact) mass is 602 g/mol. The number of likely N-dealkylation sites (tertiary alicyclic amines) is 1. The van der Waals surface area contributed by atoms with Gasteiger partial charge in [-0.3, -0.25) is 24.1 Å². The Morgan fingerprint density at radius 1 is 1.00 bits per heavy atom. The fourth-order valence-corrected chi connectivity index (χ4v) is 5.92. The van der Waals surface area contributed by atoms with E-state index in [4.69, 9.17) is 4.74 Å². The smallest absolute Gasteiger partial charge is 0.412 e. The number of carbonyl (C=O) groups excluding carboxylic acids is 4. The number of hydrogen-bond donors (Lipinski definition) is 3. The first-order chi connectivity index (χ1) is 20.5. The van der Waals surface area contributed by atoms with E-state index in [9.17, 15) is 19.2 Å². The Morgan fingerprint density at radius 3 is 2.37 bits per heavy atom. The number of fused-ring (bicyclic) bond motifs is 1. The van der Waals surface area contributed by atoms with Crippen molar-refractivity contribution in [2.24, 2.45) is 0 Å². The average molecular weight is 603 g/mol. The van der Waals surface area contributed by atoms with Gasteiger partial charge in [0.25, 0.3) is 0 Å². The van der Waals surface area contributed by atoms with E-state index in [-0.39, 0.29) is 17.7 Å². The molecule has 4 amide bonds. The van der Waals surface area contributed by atoms with E-state index >= 15 is 0 Å². The van der Waals surface area contributed by atoms with Crippen LogP contribution in [0.1, 0.15) is 52.1 Å². The van der Waals surface area contributed by atoms with Crippen LogP contribution in [-0.4, -0.2) is 56.3 Å². The van der Waals surface area contributed by atoms with Gasteiger partial charge in [-0.1, -0.05) is 53.8 Å². The summed E-state index contributed by atoms with van der Waals surface area (Å²) in [6.07, 6.45) is 4.33. The molecule has 0 spiro atoms. The van der Waals surface area contributed by atoms with Crippen LogP contribution in [0.2, 0.25) is 0 Å². The molecule has 1 aliphatic heterocycles. The highest BCUT2D eigenvalue weighted by Crippen LogP contribution is 2.31.